The van der Waals surface area contributed by atoms with Gasteiger partial charge in [0.1, 0.15) is 0 Å². The number of rotatable bonds is 24. The van der Waals surface area contributed by atoms with E-state index in [4.69, 9.17) is 60.7 Å². The van der Waals surface area contributed by atoms with Crippen LogP contribution in [-0.4, -0.2) is 51.9 Å². The van der Waals surface area contributed by atoms with Gasteiger partial charge in [0.25, 0.3) is 0 Å². The van der Waals surface area contributed by atoms with Crippen molar-refractivity contribution in [3.63, 3.8) is 0 Å². The van der Waals surface area contributed by atoms with Crippen LogP contribution >= 0.6 is 24.6 Å². The Kier molecular flexibility index (Phi) is 20.9. The Labute approximate surface area is 461 Å². The van der Waals surface area contributed by atoms with E-state index >= 15 is 0 Å². The van der Waals surface area contributed by atoms with Crippen LogP contribution in [-0.2, 0) is 0 Å². The fourth-order valence-corrected chi connectivity index (χ4v) is 15.3. The third kappa shape index (κ3) is 13.9. The van der Waals surface area contributed by atoms with Gasteiger partial charge in [-0.1, -0.05) is 109 Å². The monoisotopic (exact) mass is 1110 g/mol. The van der Waals surface area contributed by atoms with Crippen molar-refractivity contribution >= 4 is 61.0 Å². The van der Waals surface area contributed by atoms with Crippen LogP contribution in [0.25, 0.3) is 36.5 Å². The quantitative estimate of drug-likeness (QED) is 0.0533. The van der Waals surface area contributed by atoms with Gasteiger partial charge in [0.05, 0.1) is 42.7 Å². The molecule has 0 saturated carbocycles. The molecule has 0 spiro atoms. The van der Waals surface area contributed by atoms with Crippen molar-refractivity contribution in [1.82, 2.24) is 9.21 Å². The van der Waals surface area contributed by atoms with Crippen LogP contribution in [0.15, 0.2) is 150 Å². The van der Waals surface area contributed by atoms with Crippen LogP contribution in [0.3, 0.4) is 0 Å². The highest BCUT2D eigenvalue weighted by Crippen LogP contribution is 2.79. The van der Waals surface area contributed by atoms with Crippen molar-refractivity contribution < 1.29 is 56.2 Å². The van der Waals surface area contributed by atoms with E-state index in [1.807, 2.05) is 187 Å². The predicted octanol–water partition coefficient (Wildman–Crippen LogP) is 17.6. The van der Waals surface area contributed by atoms with Gasteiger partial charge in [-0.3, -0.25) is 0 Å². The standard InChI is InChI=1S/C60H66N3O12P3/c1-13-19-43-25-31-49(55(37-43)64-7)70-62-76(72-51-33-27-45(21-15-3)39-57(51)66-9)61-78(74-53-35-29-47(23-17-5)41-59(53)68-11,75-54-36-30-48(24-18-6)42-60(54)69-12)63(71-50-32-26-44(20-14-2)38-56(50)65-8)77(62)73-52-34-28-46(22-16-4)40-58(52)67-10/h13-42H,1-12H3. The second-order valence-electron chi connectivity index (χ2n) is 16.6. The first-order valence-electron chi connectivity index (χ1n) is 24.8. The van der Waals surface area contributed by atoms with Crippen molar-refractivity contribution in [2.45, 2.75) is 41.5 Å². The highest BCUT2D eigenvalue weighted by molar-refractivity contribution is 7.78. The summed E-state index contributed by atoms with van der Waals surface area (Å²) >= 11 is 0. The second-order valence-corrected chi connectivity index (χ2v) is 22.1. The maximum atomic E-state index is 7.47. The molecule has 0 aromatic heterocycles. The zero-order valence-electron chi connectivity index (χ0n) is 45.9. The second kappa shape index (κ2) is 28.1. The summed E-state index contributed by atoms with van der Waals surface area (Å²) in [5.41, 5.74) is 5.15. The zero-order chi connectivity index (χ0) is 55.6. The van der Waals surface area contributed by atoms with Gasteiger partial charge in [-0.25, -0.2) is 0 Å². The predicted molar refractivity (Wildman–Crippen MR) is 317 cm³/mol. The third-order valence-electron chi connectivity index (χ3n) is 11.3. The molecule has 408 valence electrons. The van der Waals surface area contributed by atoms with Crippen LogP contribution in [0.2, 0.25) is 0 Å². The van der Waals surface area contributed by atoms with Crippen molar-refractivity contribution in [2.24, 2.45) is 4.52 Å². The minimum absolute atomic E-state index is 0.233. The average Bonchev–Trinajstić information content (AvgIpc) is 3.62. The van der Waals surface area contributed by atoms with Gasteiger partial charge in [-0.2, -0.15) is 0 Å². The number of ether oxygens (including phenoxy) is 6. The van der Waals surface area contributed by atoms with E-state index in [-0.39, 0.29) is 28.7 Å². The Hall–Kier alpha value is -7.63. The van der Waals surface area contributed by atoms with Gasteiger partial charge < -0.3 is 56.2 Å². The Morgan fingerprint density at radius 1 is 0.346 bits per heavy atom. The molecule has 1 aliphatic rings. The largest absolute Gasteiger partial charge is 0.493 e. The molecule has 0 bridgehead atoms. The Morgan fingerprint density at radius 3 is 0.962 bits per heavy atom. The van der Waals surface area contributed by atoms with Crippen molar-refractivity contribution in [3.8, 4) is 69.0 Å². The molecular formula is C60H66N3O12P3. The molecule has 0 radical (unpaired) electrons. The third-order valence-corrected chi connectivity index (χ3v) is 18.1. The summed E-state index contributed by atoms with van der Waals surface area (Å²) in [5, 5.41) is 0. The maximum Gasteiger partial charge on any atom is 0.447 e. The lowest BCUT2D eigenvalue weighted by atomic mass is 10.2. The van der Waals surface area contributed by atoms with Gasteiger partial charge in [-0.15, -0.1) is 4.52 Å². The SMILES string of the molecule is CC=Cc1ccc(ON2P(Oc3ccc(C=CC)cc3OC)N=P(Oc3ccc(C=CC)cc3OC)(Oc3ccc(C=CC)cc3OC)N(Oc3ccc(C=CC)cc3OC)P2Oc2ccc(C=CC)cc2OC)c(OC)c1. The minimum atomic E-state index is -4.45. The van der Waals surface area contributed by atoms with Crippen LogP contribution in [0.1, 0.15) is 74.9 Å². The van der Waals surface area contributed by atoms with Gasteiger partial charge in [0, 0.05) is 9.21 Å². The Morgan fingerprint density at radius 2 is 0.628 bits per heavy atom. The normalized spacial score (nSPS) is 17.0. The van der Waals surface area contributed by atoms with E-state index in [1.54, 1.807) is 79.1 Å². The van der Waals surface area contributed by atoms with E-state index in [0.29, 0.717) is 40.2 Å². The summed E-state index contributed by atoms with van der Waals surface area (Å²) in [6.07, 6.45) is 23.3. The van der Waals surface area contributed by atoms with Crippen LogP contribution in [0.5, 0.6) is 69.0 Å². The van der Waals surface area contributed by atoms with Crippen molar-refractivity contribution in [3.05, 3.63) is 179 Å². The van der Waals surface area contributed by atoms with Gasteiger partial charge in [0.15, 0.2) is 69.0 Å². The molecular weight excluding hydrogens is 1050 g/mol. The summed E-state index contributed by atoms with van der Waals surface area (Å²) in [7, 11) is -0.313. The molecule has 0 fully saturated rings. The summed E-state index contributed by atoms with van der Waals surface area (Å²) in [6.45, 7) is 11.6. The average molecular weight is 1110 g/mol. The number of methoxy groups -OCH3 is 6. The van der Waals surface area contributed by atoms with E-state index in [2.05, 4.69) is 0 Å². The first-order chi connectivity index (χ1) is 38.0. The molecule has 1 aliphatic heterocycles. The molecule has 15 nitrogen and oxygen atoms in total. The molecule has 78 heavy (non-hydrogen) atoms. The van der Waals surface area contributed by atoms with E-state index in [1.165, 1.54) is 9.21 Å². The summed E-state index contributed by atoms with van der Waals surface area (Å²) in [6, 6.07) is 33.3. The molecule has 0 aliphatic carbocycles. The fourth-order valence-electron chi connectivity index (χ4n) is 7.74. The fraction of sp³-hybridized carbons (Fsp3) is 0.200. The van der Waals surface area contributed by atoms with E-state index in [0.717, 1.165) is 33.4 Å². The first-order valence-corrected chi connectivity index (χ1v) is 28.7. The molecule has 0 amide bonds. The number of nitrogens with zero attached hydrogens (tertiary/aromatic N) is 3. The first kappa shape index (κ1) is 58.1. The Balaban J connectivity index is 1.66. The number of hydrogen-bond donors (Lipinski definition) is 0. The number of benzene rings is 6. The van der Waals surface area contributed by atoms with Crippen molar-refractivity contribution in [2.75, 3.05) is 42.7 Å². The molecule has 7 rings (SSSR count). The number of allylic oxidation sites excluding steroid dienone is 6. The van der Waals surface area contributed by atoms with E-state index < -0.39 is 24.6 Å². The molecule has 2 unspecified atom stereocenters. The summed E-state index contributed by atoms with van der Waals surface area (Å²) in [4.78, 5) is 14.5. The molecule has 0 saturated heterocycles. The van der Waals surface area contributed by atoms with Gasteiger partial charge >= 0.3 is 24.6 Å². The van der Waals surface area contributed by atoms with Gasteiger partial charge in [-0.05, 0) is 148 Å². The van der Waals surface area contributed by atoms with Crippen LogP contribution < -0.4 is 56.2 Å². The van der Waals surface area contributed by atoms with Crippen LogP contribution in [0.4, 0.5) is 0 Å². The minimum Gasteiger partial charge on any atom is -0.493 e. The lowest BCUT2D eigenvalue weighted by molar-refractivity contribution is 0.0506. The molecule has 6 aromatic rings. The van der Waals surface area contributed by atoms with Crippen LogP contribution in [0, 0.1) is 0 Å². The highest BCUT2D eigenvalue weighted by atomic mass is 31.3. The zero-order valence-corrected chi connectivity index (χ0v) is 48.6. The molecule has 18 heteroatoms. The lowest BCUT2D eigenvalue weighted by Gasteiger charge is -2.44. The topological polar surface area (TPSA) is 130 Å². The smallest absolute Gasteiger partial charge is 0.447 e. The Bertz CT molecular complexity index is 3200. The summed E-state index contributed by atoms with van der Waals surface area (Å²) in [5.74, 6) is 3.83. The molecule has 6 aromatic carbocycles. The summed E-state index contributed by atoms with van der Waals surface area (Å²) < 4.78 is 74.5. The molecule has 0 N–H and O–H groups in total. The maximum absolute atomic E-state index is 7.47. The van der Waals surface area contributed by atoms with E-state index in [9.17, 15) is 0 Å². The highest BCUT2D eigenvalue weighted by Gasteiger charge is 2.59. The van der Waals surface area contributed by atoms with Gasteiger partial charge in [0.2, 0.25) is 0 Å². The molecule has 2 atom stereocenters. The van der Waals surface area contributed by atoms with Crippen molar-refractivity contribution in [1.29, 1.82) is 0 Å². The number of hydrogen-bond acceptors (Lipinski definition) is 15. The molecule has 1 heterocycles. The lowest BCUT2D eigenvalue weighted by Crippen LogP contribution is -2.37.